The summed E-state index contributed by atoms with van der Waals surface area (Å²) in [5.41, 5.74) is 2.75. The lowest BCUT2D eigenvalue weighted by Gasteiger charge is -2.28. The molecule has 3 nitrogen and oxygen atoms in total. The summed E-state index contributed by atoms with van der Waals surface area (Å²) in [5, 5.41) is 3.19. The molecule has 0 aromatic heterocycles. The summed E-state index contributed by atoms with van der Waals surface area (Å²) in [6, 6.07) is 25.8. The van der Waals surface area contributed by atoms with E-state index in [9.17, 15) is 8.42 Å². The Morgan fingerprint density at radius 2 is 1.33 bits per heavy atom. The van der Waals surface area contributed by atoms with E-state index in [1.54, 1.807) is 19.2 Å². The van der Waals surface area contributed by atoms with E-state index in [0.717, 1.165) is 16.7 Å². The van der Waals surface area contributed by atoms with Crippen LogP contribution >= 0.6 is 15.9 Å². The number of halogens is 1. The van der Waals surface area contributed by atoms with E-state index in [1.807, 2.05) is 72.8 Å². The maximum atomic E-state index is 13.7. The predicted octanol–water partition coefficient (Wildman–Crippen LogP) is 5.06. The van der Waals surface area contributed by atoms with E-state index < -0.39 is 15.1 Å². The second-order valence-corrected chi connectivity index (χ2v) is 8.96. The summed E-state index contributed by atoms with van der Waals surface area (Å²) in [5.74, 6) is 0. The van der Waals surface area contributed by atoms with E-state index in [0.29, 0.717) is 10.2 Å². The average molecular weight is 444 g/mol. The third kappa shape index (κ3) is 4.32. The molecule has 0 spiro atoms. The monoisotopic (exact) mass is 443 g/mol. The Kier molecular flexibility index (Phi) is 6.47. The summed E-state index contributed by atoms with van der Waals surface area (Å²) in [4.78, 5) is 0.331. The normalized spacial score (nSPS) is 13.9. The SMILES string of the molecule is CNC(c1ccccc1)C(c1ccccc1)S(=O)(=O)c1ccc(CBr)cc1. The Balaban J connectivity index is 2.14. The van der Waals surface area contributed by atoms with Crippen molar-refractivity contribution in [3.63, 3.8) is 0 Å². The molecule has 0 saturated heterocycles. The molecule has 0 aliphatic heterocycles. The largest absolute Gasteiger partial charge is 0.312 e. The van der Waals surface area contributed by atoms with Gasteiger partial charge < -0.3 is 5.32 Å². The molecule has 0 fully saturated rings. The Morgan fingerprint density at radius 3 is 1.81 bits per heavy atom. The van der Waals surface area contributed by atoms with Gasteiger partial charge in [0.1, 0.15) is 5.25 Å². The summed E-state index contributed by atoms with van der Waals surface area (Å²) < 4.78 is 27.3. The topological polar surface area (TPSA) is 46.2 Å². The van der Waals surface area contributed by atoms with Gasteiger partial charge in [-0.1, -0.05) is 88.7 Å². The van der Waals surface area contributed by atoms with Crippen LogP contribution in [0.25, 0.3) is 0 Å². The van der Waals surface area contributed by atoms with Crippen molar-refractivity contribution in [2.75, 3.05) is 7.05 Å². The molecule has 0 aliphatic rings. The molecular weight excluding hydrogens is 422 g/mol. The molecule has 0 amide bonds. The minimum absolute atomic E-state index is 0.331. The third-order valence-electron chi connectivity index (χ3n) is 4.64. The zero-order chi connectivity index (χ0) is 19.3. The van der Waals surface area contributed by atoms with Crippen molar-refractivity contribution in [2.24, 2.45) is 0 Å². The first kappa shape index (κ1) is 19.8. The Bertz CT molecular complexity index is 958. The maximum Gasteiger partial charge on any atom is 0.187 e. The van der Waals surface area contributed by atoms with Crippen molar-refractivity contribution in [1.82, 2.24) is 5.32 Å². The fraction of sp³-hybridized carbons (Fsp3) is 0.182. The molecule has 0 radical (unpaired) electrons. The van der Waals surface area contributed by atoms with Gasteiger partial charge in [-0.3, -0.25) is 0 Å². The molecule has 3 rings (SSSR count). The molecule has 27 heavy (non-hydrogen) atoms. The van der Waals surface area contributed by atoms with E-state index in [4.69, 9.17) is 0 Å². The zero-order valence-electron chi connectivity index (χ0n) is 15.0. The number of sulfone groups is 1. The van der Waals surface area contributed by atoms with Crippen LogP contribution in [0.1, 0.15) is 28.0 Å². The number of benzene rings is 3. The predicted molar refractivity (Wildman–Crippen MR) is 114 cm³/mol. The van der Waals surface area contributed by atoms with E-state index >= 15 is 0 Å². The van der Waals surface area contributed by atoms with Crippen molar-refractivity contribution in [1.29, 1.82) is 0 Å². The minimum atomic E-state index is -3.62. The van der Waals surface area contributed by atoms with Crippen molar-refractivity contribution in [3.8, 4) is 0 Å². The van der Waals surface area contributed by atoms with Gasteiger partial charge in [0.15, 0.2) is 9.84 Å². The van der Waals surface area contributed by atoms with Crippen LogP contribution in [0.4, 0.5) is 0 Å². The highest BCUT2D eigenvalue weighted by atomic mass is 79.9. The molecule has 3 aromatic rings. The number of rotatable bonds is 7. The molecular formula is C22H22BrNO2S. The Hall–Kier alpha value is -1.95. The number of alkyl halides is 1. The average Bonchev–Trinajstić information content (AvgIpc) is 2.73. The van der Waals surface area contributed by atoms with Crippen LogP contribution in [-0.2, 0) is 15.2 Å². The van der Waals surface area contributed by atoms with Gasteiger partial charge in [-0.15, -0.1) is 0 Å². The van der Waals surface area contributed by atoms with Crippen LogP contribution in [0, 0.1) is 0 Å². The quantitative estimate of drug-likeness (QED) is 0.519. The lowest BCUT2D eigenvalue weighted by Crippen LogP contribution is -2.29. The minimum Gasteiger partial charge on any atom is -0.312 e. The second-order valence-electron chi connectivity index (χ2n) is 6.33. The first-order chi connectivity index (χ1) is 13.1. The van der Waals surface area contributed by atoms with E-state index in [-0.39, 0.29) is 6.04 Å². The fourth-order valence-electron chi connectivity index (χ4n) is 3.26. The van der Waals surface area contributed by atoms with Crippen LogP contribution in [0.2, 0.25) is 0 Å². The third-order valence-corrected chi connectivity index (χ3v) is 7.43. The van der Waals surface area contributed by atoms with E-state index in [2.05, 4.69) is 21.2 Å². The summed E-state index contributed by atoms with van der Waals surface area (Å²) >= 11 is 3.40. The molecule has 0 bridgehead atoms. The van der Waals surface area contributed by atoms with Gasteiger partial charge in [0, 0.05) is 5.33 Å². The first-order valence-corrected chi connectivity index (χ1v) is 11.4. The zero-order valence-corrected chi connectivity index (χ0v) is 17.4. The van der Waals surface area contributed by atoms with Crippen molar-refractivity contribution < 1.29 is 8.42 Å². The molecule has 5 heteroatoms. The van der Waals surface area contributed by atoms with Gasteiger partial charge in [-0.25, -0.2) is 8.42 Å². The van der Waals surface area contributed by atoms with Crippen molar-refractivity contribution in [2.45, 2.75) is 21.5 Å². The number of hydrogen-bond donors (Lipinski definition) is 1. The first-order valence-electron chi connectivity index (χ1n) is 8.74. The molecule has 1 N–H and O–H groups in total. The molecule has 3 aromatic carbocycles. The van der Waals surface area contributed by atoms with Gasteiger partial charge in [-0.2, -0.15) is 0 Å². The molecule has 0 heterocycles. The van der Waals surface area contributed by atoms with Gasteiger partial charge in [0.05, 0.1) is 10.9 Å². The van der Waals surface area contributed by atoms with Crippen LogP contribution in [0.3, 0.4) is 0 Å². The number of nitrogens with one attached hydrogen (secondary N) is 1. The highest BCUT2D eigenvalue weighted by Crippen LogP contribution is 2.39. The maximum absolute atomic E-state index is 13.7. The van der Waals surface area contributed by atoms with Gasteiger partial charge >= 0.3 is 0 Å². The second kappa shape index (κ2) is 8.83. The summed E-state index contributed by atoms with van der Waals surface area (Å²) in [7, 11) is -1.81. The molecule has 0 saturated carbocycles. The Labute approximate surface area is 169 Å². The lowest BCUT2D eigenvalue weighted by atomic mass is 9.98. The van der Waals surface area contributed by atoms with Crippen LogP contribution < -0.4 is 5.32 Å². The molecule has 2 unspecified atom stereocenters. The van der Waals surface area contributed by atoms with Crippen LogP contribution in [-0.4, -0.2) is 15.5 Å². The van der Waals surface area contributed by atoms with E-state index in [1.165, 1.54) is 0 Å². The standard InChI is InChI=1S/C22H22BrNO2S/c1-24-21(18-8-4-2-5-9-18)22(19-10-6-3-7-11-19)27(25,26)20-14-12-17(16-23)13-15-20/h2-15,21-22,24H,16H2,1H3. The van der Waals surface area contributed by atoms with Gasteiger partial charge in [0.25, 0.3) is 0 Å². The van der Waals surface area contributed by atoms with Crippen molar-refractivity contribution in [3.05, 3.63) is 102 Å². The molecule has 2 atom stereocenters. The summed E-state index contributed by atoms with van der Waals surface area (Å²) in [6.07, 6.45) is 0. The van der Waals surface area contributed by atoms with Gasteiger partial charge in [0.2, 0.25) is 0 Å². The van der Waals surface area contributed by atoms with Gasteiger partial charge in [-0.05, 0) is 35.9 Å². The number of likely N-dealkylation sites (N-methyl/N-ethyl adjacent to an activating group) is 1. The Morgan fingerprint density at radius 1 is 0.815 bits per heavy atom. The highest BCUT2D eigenvalue weighted by Gasteiger charge is 2.36. The highest BCUT2D eigenvalue weighted by molar-refractivity contribution is 9.08. The smallest absolute Gasteiger partial charge is 0.187 e. The van der Waals surface area contributed by atoms with Crippen LogP contribution in [0.5, 0.6) is 0 Å². The fourth-order valence-corrected chi connectivity index (χ4v) is 5.61. The summed E-state index contributed by atoms with van der Waals surface area (Å²) in [6.45, 7) is 0. The number of hydrogen-bond acceptors (Lipinski definition) is 3. The van der Waals surface area contributed by atoms with Crippen molar-refractivity contribution >= 4 is 25.8 Å². The van der Waals surface area contributed by atoms with Crippen LogP contribution in [0.15, 0.2) is 89.8 Å². The lowest BCUT2D eigenvalue weighted by molar-refractivity contribution is 0.524. The molecule has 0 aliphatic carbocycles. The molecule has 140 valence electrons.